The summed E-state index contributed by atoms with van der Waals surface area (Å²) in [7, 11) is 0. The third-order valence-corrected chi connectivity index (χ3v) is 4.47. The lowest BCUT2D eigenvalue weighted by atomic mass is 10.2. The van der Waals surface area contributed by atoms with Crippen molar-refractivity contribution < 1.29 is 14.3 Å². The number of hydrazone groups is 1. The van der Waals surface area contributed by atoms with Crippen molar-refractivity contribution in [1.29, 1.82) is 0 Å². The SMILES string of the molecule is O=C(NN=Cc1cc(I)cc(I)c1O)c1cc(-c2ccco2)[nH]n1. The fourth-order valence-corrected chi connectivity index (χ4v) is 3.79. The molecule has 0 spiro atoms. The van der Waals surface area contributed by atoms with Crippen molar-refractivity contribution in [2.24, 2.45) is 5.10 Å². The van der Waals surface area contributed by atoms with E-state index < -0.39 is 5.91 Å². The molecule has 9 heteroatoms. The molecular weight excluding hydrogens is 538 g/mol. The zero-order valence-corrected chi connectivity index (χ0v) is 16.3. The Morgan fingerprint density at radius 2 is 2.21 bits per heavy atom. The van der Waals surface area contributed by atoms with Gasteiger partial charge in [0.1, 0.15) is 11.4 Å². The van der Waals surface area contributed by atoms with Gasteiger partial charge in [-0.15, -0.1) is 0 Å². The van der Waals surface area contributed by atoms with E-state index in [1.165, 1.54) is 12.5 Å². The number of carbonyl (C=O) groups excluding carboxylic acids is 1. The van der Waals surface area contributed by atoms with E-state index in [1.807, 2.05) is 28.7 Å². The van der Waals surface area contributed by atoms with Crippen LogP contribution in [0.1, 0.15) is 16.1 Å². The standard InChI is InChI=1S/C15H10I2N4O3/c16-9-4-8(14(22)10(17)5-9)7-18-21-15(23)12-6-11(19-20-12)13-2-1-3-24-13/h1-7,22H,(H,19,20)(H,21,23). The first-order valence-electron chi connectivity index (χ1n) is 6.65. The maximum absolute atomic E-state index is 12.0. The van der Waals surface area contributed by atoms with E-state index in [9.17, 15) is 9.90 Å². The fourth-order valence-electron chi connectivity index (χ4n) is 1.90. The number of rotatable bonds is 4. The number of benzene rings is 1. The van der Waals surface area contributed by atoms with Crippen molar-refractivity contribution in [3.63, 3.8) is 0 Å². The van der Waals surface area contributed by atoms with Gasteiger partial charge in [0, 0.05) is 15.2 Å². The lowest BCUT2D eigenvalue weighted by Gasteiger charge is -2.02. The number of aromatic hydroxyl groups is 1. The highest BCUT2D eigenvalue weighted by molar-refractivity contribution is 14.1. The van der Waals surface area contributed by atoms with E-state index in [0.717, 1.165) is 3.57 Å². The first kappa shape index (κ1) is 17.0. The van der Waals surface area contributed by atoms with Gasteiger partial charge < -0.3 is 9.52 Å². The summed E-state index contributed by atoms with van der Waals surface area (Å²) in [4.78, 5) is 12.0. The minimum absolute atomic E-state index is 0.119. The number of phenols is 1. The molecule has 24 heavy (non-hydrogen) atoms. The summed E-state index contributed by atoms with van der Waals surface area (Å²) in [6, 6.07) is 8.67. The molecule has 3 aromatic rings. The van der Waals surface area contributed by atoms with Gasteiger partial charge in [0.15, 0.2) is 11.5 Å². The second-order valence-electron chi connectivity index (χ2n) is 4.67. The van der Waals surface area contributed by atoms with Gasteiger partial charge in [0.25, 0.3) is 5.91 Å². The van der Waals surface area contributed by atoms with Crippen LogP contribution in [0.25, 0.3) is 11.5 Å². The zero-order chi connectivity index (χ0) is 17.1. The monoisotopic (exact) mass is 548 g/mol. The van der Waals surface area contributed by atoms with Crippen LogP contribution in [0.4, 0.5) is 0 Å². The van der Waals surface area contributed by atoms with Gasteiger partial charge in [-0.2, -0.15) is 10.2 Å². The van der Waals surface area contributed by atoms with Crippen molar-refractivity contribution in [2.75, 3.05) is 0 Å². The van der Waals surface area contributed by atoms with Crippen LogP contribution >= 0.6 is 45.2 Å². The van der Waals surface area contributed by atoms with Gasteiger partial charge in [0.05, 0.1) is 16.0 Å². The summed E-state index contributed by atoms with van der Waals surface area (Å²) in [5.74, 6) is 0.234. The average Bonchev–Trinajstić information content (AvgIpc) is 3.22. The van der Waals surface area contributed by atoms with Crippen LogP contribution in [0.3, 0.4) is 0 Å². The molecule has 0 radical (unpaired) electrons. The van der Waals surface area contributed by atoms with E-state index in [2.05, 4.69) is 43.3 Å². The number of hydrogen-bond acceptors (Lipinski definition) is 5. The van der Waals surface area contributed by atoms with E-state index >= 15 is 0 Å². The second kappa shape index (κ2) is 7.34. The third kappa shape index (κ3) is 3.77. The number of carbonyl (C=O) groups is 1. The number of halogens is 2. The summed E-state index contributed by atoms with van der Waals surface area (Å²) in [5, 5.41) is 20.5. The molecule has 7 nitrogen and oxygen atoms in total. The van der Waals surface area contributed by atoms with E-state index in [0.29, 0.717) is 20.6 Å². The highest BCUT2D eigenvalue weighted by atomic mass is 127. The van der Waals surface area contributed by atoms with Crippen molar-refractivity contribution in [2.45, 2.75) is 0 Å². The number of aromatic amines is 1. The summed E-state index contributed by atoms with van der Waals surface area (Å²) >= 11 is 4.17. The molecule has 1 aromatic carbocycles. The molecule has 0 saturated carbocycles. The Labute approximate surface area is 163 Å². The van der Waals surface area contributed by atoms with Gasteiger partial charge in [-0.25, -0.2) is 5.43 Å². The first-order valence-corrected chi connectivity index (χ1v) is 8.81. The van der Waals surface area contributed by atoms with Crippen LogP contribution in [0.2, 0.25) is 0 Å². The van der Waals surface area contributed by atoms with Gasteiger partial charge in [-0.05, 0) is 69.4 Å². The molecule has 0 saturated heterocycles. The molecule has 2 aromatic heterocycles. The van der Waals surface area contributed by atoms with Crippen LogP contribution in [-0.2, 0) is 0 Å². The lowest BCUT2D eigenvalue weighted by Crippen LogP contribution is -2.18. The molecule has 1 amide bonds. The Balaban J connectivity index is 1.70. The molecule has 0 bridgehead atoms. The van der Waals surface area contributed by atoms with E-state index in [1.54, 1.807) is 24.3 Å². The molecule has 0 aliphatic heterocycles. The second-order valence-corrected chi connectivity index (χ2v) is 7.08. The number of H-pyrrole nitrogens is 1. The van der Waals surface area contributed by atoms with Crippen LogP contribution in [0, 0.1) is 7.14 Å². The number of furan rings is 1. The summed E-state index contributed by atoms with van der Waals surface area (Å²) in [6.07, 6.45) is 2.92. The molecule has 0 aliphatic rings. The fraction of sp³-hybridized carbons (Fsp3) is 0. The van der Waals surface area contributed by atoms with Crippen LogP contribution in [0.5, 0.6) is 5.75 Å². The molecule has 0 fully saturated rings. The number of nitrogens with zero attached hydrogens (tertiary/aromatic N) is 2. The number of hydrogen-bond donors (Lipinski definition) is 3. The van der Waals surface area contributed by atoms with Crippen LogP contribution in [-0.4, -0.2) is 27.4 Å². The van der Waals surface area contributed by atoms with Gasteiger partial charge in [0.2, 0.25) is 0 Å². The lowest BCUT2D eigenvalue weighted by molar-refractivity contribution is 0.0950. The topological polar surface area (TPSA) is 104 Å². The molecule has 3 rings (SSSR count). The summed E-state index contributed by atoms with van der Waals surface area (Å²) < 4.78 is 6.89. The Hall–Kier alpha value is -1.89. The molecule has 0 atom stereocenters. The Morgan fingerprint density at radius 3 is 2.96 bits per heavy atom. The molecule has 0 aliphatic carbocycles. The highest BCUT2D eigenvalue weighted by Gasteiger charge is 2.12. The quantitative estimate of drug-likeness (QED) is 0.265. The summed E-state index contributed by atoms with van der Waals surface area (Å²) in [5.41, 5.74) is 3.67. The maximum atomic E-state index is 12.0. The minimum Gasteiger partial charge on any atom is -0.506 e. The average molecular weight is 548 g/mol. The number of phenolic OH excluding ortho intramolecular Hbond substituents is 1. The molecule has 0 unspecified atom stereocenters. The van der Waals surface area contributed by atoms with E-state index in [-0.39, 0.29) is 11.4 Å². The summed E-state index contributed by atoms with van der Waals surface area (Å²) in [6.45, 7) is 0. The Morgan fingerprint density at radius 1 is 1.38 bits per heavy atom. The smallest absolute Gasteiger partial charge is 0.291 e. The highest BCUT2D eigenvalue weighted by Crippen LogP contribution is 2.25. The Bertz CT molecular complexity index is 904. The molecular formula is C15H10I2N4O3. The largest absolute Gasteiger partial charge is 0.506 e. The predicted octanol–water partition coefficient (Wildman–Crippen LogP) is 3.35. The zero-order valence-electron chi connectivity index (χ0n) is 12.0. The van der Waals surface area contributed by atoms with Crippen molar-refractivity contribution in [1.82, 2.24) is 15.6 Å². The number of aromatic nitrogens is 2. The van der Waals surface area contributed by atoms with Crippen LogP contribution in [0.15, 0.2) is 46.1 Å². The van der Waals surface area contributed by atoms with Crippen molar-refractivity contribution >= 4 is 57.3 Å². The molecule has 2 heterocycles. The van der Waals surface area contributed by atoms with Crippen molar-refractivity contribution in [3.05, 3.63) is 55.0 Å². The molecule has 122 valence electrons. The minimum atomic E-state index is -0.472. The van der Waals surface area contributed by atoms with Crippen LogP contribution < -0.4 is 5.43 Å². The van der Waals surface area contributed by atoms with Gasteiger partial charge >= 0.3 is 0 Å². The molecule has 3 N–H and O–H groups in total. The van der Waals surface area contributed by atoms with Gasteiger partial charge in [-0.1, -0.05) is 0 Å². The normalized spacial score (nSPS) is 11.1. The Kier molecular flexibility index (Phi) is 5.18. The van der Waals surface area contributed by atoms with E-state index in [4.69, 9.17) is 4.42 Å². The maximum Gasteiger partial charge on any atom is 0.291 e. The van der Waals surface area contributed by atoms with Gasteiger partial charge in [-0.3, -0.25) is 9.89 Å². The number of amides is 1. The van der Waals surface area contributed by atoms with Crippen molar-refractivity contribution in [3.8, 4) is 17.2 Å². The number of nitrogens with one attached hydrogen (secondary N) is 2. The predicted molar refractivity (Wildman–Crippen MR) is 105 cm³/mol. The third-order valence-electron chi connectivity index (χ3n) is 3.02. The first-order chi connectivity index (χ1) is 11.5.